The topological polar surface area (TPSA) is 34.8 Å². The van der Waals surface area contributed by atoms with Gasteiger partial charge in [-0.1, -0.05) is 36.4 Å². The van der Waals surface area contributed by atoms with Crippen molar-refractivity contribution in [2.75, 3.05) is 0 Å². The van der Waals surface area contributed by atoms with Crippen molar-refractivity contribution in [1.29, 1.82) is 0 Å². The van der Waals surface area contributed by atoms with Gasteiger partial charge >= 0.3 is 0 Å². The van der Waals surface area contributed by atoms with Crippen LogP contribution in [0.5, 0.6) is 0 Å². The zero-order valence-electron chi connectivity index (χ0n) is 17.5. The summed E-state index contributed by atoms with van der Waals surface area (Å²) >= 11 is 0. The second-order valence-corrected chi connectivity index (χ2v) is 8.09. The van der Waals surface area contributed by atoms with E-state index >= 15 is 0 Å². The van der Waals surface area contributed by atoms with Crippen LogP contribution in [0.3, 0.4) is 0 Å². The number of pyridine rings is 1. The zero-order valence-corrected chi connectivity index (χ0v) is 17.5. The average molecular weight is 392 g/mol. The van der Waals surface area contributed by atoms with Gasteiger partial charge in [-0.25, -0.2) is 14.1 Å². The Morgan fingerprint density at radius 2 is 1.60 bits per heavy atom. The lowest BCUT2D eigenvalue weighted by atomic mass is 9.95. The molecule has 0 bridgehead atoms. The number of furan rings is 1. The summed E-state index contributed by atoms with van der Waals surface area (Å²) in [5.41, 5.74) is 7.29. The van der Waals surface area contributed by atoms with Gasteiger partial charge in [0.25, 0.3) is 5.82 Å². The molecule has 4 nitrogen and oxygen atoms in total. The van der Waals surface area contributed by atoms with E-state index < -0.39 is 0 Å². The van der Waals surface area contributed by atoms with Crippen LogP contribution in [-0.2, 0) is 14.1 Å². The summed E-state index contributed by atoms with van der Waals surface area (Å²) in [4.78, 5) is 4.69. The highest BCUT2D eigenvalue weighted by Gasteiger charge is 2.29. The Hall–Kier alpha value is -3.66. The predicted molar refractivity (Wildman–Crippen MR) is 122 cm³/mol. The van der Waals surface area contributed by atoms with E-state index in [4.69, 9.17) is 9.40 Å². The van der Waals surface area contributed by atoms with Crippen LogP contribution in [0.2, 0.25) is 0 Å². The van der Waals surface area contributed by atoms with Crippen molar-refractivity contribution in [2.24, 2.45) is 14.1 Å². The van der Waals surface area contributed by atoms with Gasteiger partial charge in [0.2, 0.25) is 5.71 Å². The standard InChI is InChI=1S/C26H22N3O/c1-15-13-14-19-23-18-10-6-5-9-17(18)16(2)22(24(23)30-25(19)27-15)26-28(3)20-11-7-8-12-21(20)29(26)4/h5-14H,1-4H3/q+1. The molecule has 0 spiro atoms. The third-order valence-electron chi connectivity index (χ3n) is 6.36. The number of hydrogen-bond donors (Lipinski definition) is 0. The molecule has 0 fully saturated rings. The molecule has 3 aromatic heterocycles. The summed E-state index contributed by atoms with van der Waals surface area (Å²) < 4.78 is 11.0. The minimum absolute atomic E-state index is 0.698. The Kier molecular flexibility index (Phi) is 3.40. The molecular formula is C26H22N3O+. The van der Waals surface area contributed by atoms with E-state index in [0.717, 1.165) is 33.4 Å². The molecule has 0 atom stereocenters. The maximum Gasteiger partial charge on any atom is 0.293 e. The van der Waals surface area contributed by atoms with Gasteiger partial charge in [-0.2, -0.15) is 0 Å². The Bertz CT molecular complexity index is 1600. The van der Waals surface area contributed by atoms with Gasteiger partial charge in [0, 0.05) is 16.5 Å². The summed E-state index contributed by atoms with van der Waals surface area (Å²) in [5.74, 6) is 1.13. The largest absolute Gasteiger partial charge is 0.437 e. The first-order chi connectivity index (χ1) is 14.6. The van der Waals surface area contributed by atoms with Crippen molar-refractivity contribution >= 4 is 43.9 Å². The van der Waals surface area contributed by atoms with Crippen molar-refractivity contribution in [2.45, 2.75) is 13.8 Å². The Morgan fingerprint density at radius 1 is 0.867 bits per heavy atom. The van der Waals surface area contributed by atoms with Crippen molar-refractivity contribution in [3.63, 3.8) is 0 Å². The van der Waals surface area contributed by atoms with E-state index in [9.17, 15) is 0 Å². The number of imidazole rings is 1. The number of fused-ring (bicyclic) bond motifs is 6. The Balaban J connectivity index is 1.90. The monoisotopic (exact) mass is 392 g/mol. The van der Waals surface area contributed by atoms with Gasteiger partial charge in [0.15, 0.2) is 16.6 Å². The van der Waals surface area contributed by atoms with Gasteiger partial charge in [-0.3, -0.25) is 0 Å². The quantitative estimate of drug-likeness (QED) is 0.335. The summed E-state index contributed by atoms with van der Waals surface area (Å²) in [5, 5.41) is 4.65. The SMILES string of the molecule is Cc1ccc2c(n1)oc1c(-c3n(C)c4ccccc4[n+]3C)c(C)c3ccccc3c12. The fourth-order valence-electron chi connectivity index (χ4n) is 4.94. The molecular weight excluding hydrogens is 370 g/mol. The molecule has 0 saturated carbocycles. The number of aryl methyl sites for hydroxylation is 4. The highest BCUT2D eigenvalue weighted by Crippen LogP contribution is 2.42. The van der Waals surface area contributed by atoms with Crippen molar-refractivity contribution in [3.05, 3.63) is 71.9 Å². The van der Waals surface area contributed by atoms with Gasteiger partial charge in [0.05, 0.1) is 14.1 Å². The maximum atomic E-state index is 6.48. The first kappa shape index (κ1) is 17.2. The number of rotatable bonds is 1. The zero-order chi connectivity index (χ0) is 20.6. The van der Waals surface area contributed by atoms with Crippen LogP contribution in [0.4, 0.5) is 0 Å². The Morgan fingerprint density at radius 3 is 2.40 bits per heavy atom. The van der Waals surface area contributed by atoms with Crippen LogP contribution in [-0.4, -0.2) is 9.55 Å². The Labute approximate surface area is 174 Å². The fourth-order valence-corrected chi connectivity index (χ4v) is 4.94. The first-order valence-corrected chi connectivity index (χ1v) is 10.2. The van der Waals surface area contributed by atoms with Crippen LogP contribution < -0.4 is 4.57 Å². The summed E-state index contributed by atoms with van der Waals surface area (Å²) in [6.07, 6.45) is 0. The number of benzene rings is 3. The molecule has 0 aliphatic carbocycles. The number of para-hydroxylation sites is 2. The van der Waals surface area contributed by atoms with Crippen LogP contribution in [0, 0.1) is 13.8 Å². The second kappa shape index (κ2) is 5.92. The van der Waals surface area contributed by atoms with Crippen LogP contribution in [0.15, 0.2) is 65.1 Å². The van der Waals surface area contributed by atoms with Gasteiger partial charge < -0.3 is 4.42 Å². The van der Waals surface area contributed by atoms with Crippen molar-refractivity contribution in [1.82, 2.24) is 9.55 Å². The molecule has 0 amide bonds. The molecule has 3 heterocycles. The van der Waals surface area contributed by atoms with Gasteiger partial charge in [-0.15, -0.1) is 0 Å². The molecule has 3 aromatic carbocycles. The van der Waals surface area contributed by atoms with Crippen molar-refractivity contribution in [3.8, 4) is 11.4 Å². The predicted octanol–water partition coefficient (Wildman–Crippen LogP) is 5.73. The third-order valence-corrected chi connectivity index (χ3v) is 6.36. The molecule has 0 saturated heterocycles. The average Bonchev–Trinajstić information content (AvgIpc) is 3.25. The van der Waals surface area contributed by atoms with E-state index in [1.807, 2.05) is 6.92 Å². The third kappa shape index (κ3) is 2.11. The summed E-state index contributed by atoms with van der Waals surface area (Å²) in [6.45, 7) is 4.20. The van der Waals surface area contributed by atoms with E-state index in [0.29, 0.717) is 5.71 Å². The molecule has 0 N–H and O–H groups in total. The lowest BCUT2D eigenvalue weighted by Gasteiger charge is -2.10. The minimum atomic E-state index is 0.698. The van der Waals surface area contributed by atoms with Gasteiger partial charge in [0.1, 0.15) is 5.56 Å². The molecule has 0 radical (unpaired) electrons. The second-order valence-electron chi connectivity index (χ2n) is 8.09. The van der Waals surface area contributed by atoms with E-state index in [1.54, 1.807) is 0 Å². The maximum absolute atomic E-state index is 6.48. The van der Waals surface area contributed by atoms with E-state index in [2.05, 4.69) is 90.8 Å². The van der Waals surface area contributed by atoms with E-state index in [-0.39, 0.29) is 0 Å². The molecule has 0 aliphatic heterocycles. The smallest absolute Gasteiger partial charge is 0.293 e. The molecule has 6 rings (SSSR count). The normalized spacial score (nSPS) is 12.0. The fraction of sp³-hybridized carbons (Fsp3) is 0.154. The lowest BCUT2D eigenvalue weighted by molar-refractivity contribution is -0.634. The summed E-state index contributed by atoms with van der Waals surface area (Å²) in [7, 11) is 4.26. The number of aromatic nitrogens is 3. The van der Waals surface area contributed by atoms with Gasteiger partial charge in [-0.05, 0) is 54.4 Å². The minimum Gasteiger partial charge on any atom is -0.437 e. The van der Waals surface area contributed by atoms with Crippen molar-refractivity contribution < 1.29 is 8.98 Å². The number of hydrogen-bond acceptors (Lipinski definition) is 2. The van der Waals surface area contributed by atoms with Crippen LogP contribution >= 0.6 is 0 Å². The molecule has 30 heavy (non-hydrogen) atoms. The molecule has 0 aliphatic rings. The molecule has 146 valence electrons. The molecule has 6 aromatic rings. The summed E-state index contributed by atoms with van der Waals surface area (Å²) in [6, 6.07) is 21.3. The van der Waals surface area contributed by atoms with Crippen LogP contribution in [0.1, 0.15) is 11.3 Å². The first-order valence-electron chi connectivity index (χ1n) is 10.2. The highest BCUT2D eigenvalue weighted by molar-refractivity contribution is 6.22. The molecule has 0 unspecified atom stereocenters. The number of nitrogens with zero attached hydrogens (tertiary/aromatic N) is 3. The van der Waals surface area contributed by atoms with E-state index in [1.165, 1.54) is 27.4 Å². The lowest BCUT2D eigenvalue weighted by Crippen LogP contribution is -2.30. The molecule has 4 heteroatoms. The highest BCUT2D eigenvalue weighted by atomic mass is 16.3. The van der Waals surface area contributed by atoms with Crippen LogP contribution in [0.25, 0.3) is 55.3 Å².